The van der Waals surface area contributed by atoms with Crippen molar-refractivity contribution >= 4 is 23.5 Å². The highest BCUT2D eigenvalue weighted by Crippen LogP contribution is 2.22. The van der Waals surface area contributed by atoms with Crippen LogP contribution in [0, 0.1) is 0 Å². The van der Waals surface area contributed by atoms with Gasteiger partial charge in [0.05, 0.1) is 0 Å². The lowest BCUT2D eigenvalue weighted by atomic mass is 10.2. The third-order valence-corrected chi connectivity index (χ3v) is 3.75. The minimum atomic E-state index is -0.565. The first-order chi connectivity index (χ1) is 12.6. The Morgan fingerprint density at radius 3 is 2.54 bits per heavy atom. The van der Waals surface area contributed by atoms with E-state index < -0.39 is 5.97 Å². The third-order valence-electron chi connectivity index (χ3n) is 3.50. The number of nitrogens with zero attached hydrogens (tertiary/aromatic N) is 1. The zero-order valence-electron chi connectivity index (χ0n) is 13.6. The van der Waals surface area contributed by atoms with Gasteiger partial charge in [0.25, 0.3) is 5.91 Å². The van der Waals surface area contributed by atoms with E-state index in [1.54, 1.807) is 60.7 Å². The van der Waals surface area contributed by atoms with E-state index in [0.29, 0.717) is 22.0 Å². The van der Waals surface area contributed by atoms with E-state index in [4.69, 9.17) is 20.9 Å². The summed E-state index contributed by atoms with van der Waals surface area (Å²) >= 11 is 5.85. The van der Waals surface area contributed by atoms with E-state index in [-0.39, 0.29) is 19.1 Å². The molecule has 1 N–H and O–H groups in total. The smallest absolute Gasteiger partial charge is 0.325 e. The van der Waals surface area contributed by atoms with Crippen LogP contribution in [0.1, 0.15) is 16.1 Å². The highest BCUT2D eigenvalue weighted by molar-refractivity contribution is 6.30. The van der Waals surface area contributed by atoms with Crippen molar-refractivity contribution in [2.45, 2.75) is 6.61 Å². The average molecular weight is 371 g/mol. The Morgan fingerprint density at radius 1 is 1.08 bits per heavy atom. The Kier molecular flexibility index (Phi) is 5.66. The second kappa shape index (κ2) is 8.31. The molecule has 0 fully saturated rings. The van der Waals surface area contributed by atoms with Crippen molar-refractivity contribution in [3.05, 3.63) is 76.9 Å². The molecule has 1 amide bonds. The van der Waals surface area contributed by atoms with E-state index in [9.17, 15) is 9.59 Å². The van der Waals surface area contributed by atoms with Crippen molar-refractivity contribution in [2.24, 2.45) is 0 Å². The summed E-state index contributed by atoms with van der Waals surface area (Å²) in [5.41, 5.74) is 1.76. The lowest BCUT2D eigenvalue weighted by Gasteiger charge is -2.05. The molecule has 0 atom stereocenters. The molecule has 7 heteroatoms. The highest BCUT2D eigenvalue weighted by atomic mass is 35.5. The first-order valence-electron chi connectivity index (χ1n) is 7.82. The summed E-state index contributed by atoms with van der Waals surface area (Å²) in [4.78, 5) is 23.6. The zero-order chi connectivity index (χ0) is 18.4. The predicted octanol–water partition coefficient (Wildman–Crippen LogP) is 3.47. The summed E-state index contributed by atoms with van der Waals surface area (Å²) in [6, 6.07) is 17.4. The quantitative estimate of drug-likeness (QED) is 0.672. The maximum atomic E-state index is 11.9. The van der Waals surface area contributed by atoms with Crippen molar-refractivity contribution < 1.29 is 18.8 Å². The Balaban J connectivity index is 1.47. The number of rotatable bonds is 6. The van der Waals surface area contributed by atoms with Crippen LogP contribution in [0.5, 0.6) is 0 Å². The summed E-state index contributed by atoms with van der Waals surface area (Å²) in [5.74, 6) is -0.357. The molecule has 1 heterocycles. The normalized spacial score (nSPS) is 10.3. The van der Waals surface area contributed by atoms with Crippen LogP contribution in [-0.4, -0.2) is 23.6 Å². The largest absolute Gasteiger partial charge is 0.458 e. The Hall–Kier alpha value is -3.12. The molecule has 3 aromatic rings. The monoisotopic (exact) mass is 370 g/mol. The van der Waals surface area contributed by atoms with Gasteiger partial charge in [0.1, 0.15) is 18.8 Å². The average Bonchev–Trinajstić information content (AvgIpc) is 3.14. The second-order valence-corrected chi connectivity index (χ2v) is 5.84. The van der Waals surface area contributed by atoms with Crippen LogP contribution in [0.4, 0.5) is 0 Å². The van der Waals surface area contributed by atoms with Gasteiger partial charge in [-0.15, -0.1) is 0 Å². The number of aromatic nitrogens is 1. The number of hydrogen-bond donors (Lipinski definition) is 1. The molecule has 0 unspecified atom stereocenters. The lowest BCUT2D eigenvalue weighted by Crippen LogP contribution is -2.30. The van der Waals surface area contributed by atoms with Gasteiger partial charge in [-0.05, 0) is 36.4 Å². The van der Waals surface area contributed by atoms with E-state index in [1.165, 1.54) is 0 Å². The van der Waals surface area contributed by atoms with Crippen LogP contribution >= 0.6 is 11.6 Å². The molecule has 0 bridgehead atoms. The molecule has 0 radical (unpaired) electrons. The first-order valence-corrected chi connectivity index (χ1v) is 8.20. The number of esters is 1. The topological polar surface area (TPSA) is 81.4 Å². The van der Waals surface area contributed by atoms with E-state index in [2.05, 4.69) is 10.5 Å². The van der Waals surface area contributed by atoms with Crippen LogP contribution < -0.4 is 5.32 Å². The summed E-state index contributed by atoms with van der Waals surface area (Å²) in [6.07, 6.45) is 0. The van der Waals surface area contributed by atoms with Gasteiger partial charge in [0.15, 0.2) is 5.76 Å². The molecule has 6 nitrogen and oxygen atoms in total. The number of carbonyl (C=O) groups is 2. The predicted molar refractivity (Wildman–Crippen MR) is 95.5 cm³/mol. The number of ether oxygens (including phenoxy) is 1. The van der Waals surface area contributed by atoms with Gasteiger partial charge in [-0.3, -0.25) is 9.59 Å². The molecule has 132 valence electrons. The third kappa shape index (κ3) is 4.70. The van der Waals surface area contributed by atoms with Gasteiger partial charge in [0, 0.05) is 22.2 Å². The molecule has 0 aliphatic heterocycles. The maximum Gasteiger partial charge on any atom is 0.325 e. The summed E-state index contributed by atoms with van der Waals surface area (Å²) in [5, 5.41) is 6.98. The van der Waals surface area contributed by atoms with Crippen LogP contribution in [0.25, 0.3) is 11.3 Å². The SMILES string of the molecule is O=C(CNC(=O)c1ccccc1)OCc1cc(-c2ccc(Cl)cc2)on1. The molecule has 2 aromatic carbocycles. The molecule has 0 saturated carbocycles. The molecule has 3 rings (SSSR count). The molecule has 0 aliphatic rings. The van der Waals surface area contributed by atoms with Gasteiger partial charge >= 0.3 is 5.97 Å². The van der Waals surface area contributed by atoms with E-state index >= 15 is 0 Å². The molecule has 0 aliphatic carbocycles. The van der Waals surface area contributed by atoms with Crippen LogP contribution in [-0.2, 0) is 16.1 Å². The van der Waals surface area contributed by atoms with Crippen molar-refractivity contribution in [2.75, 3.05) is 6.54 Å². The minimum absolute atomic E-state index is 0.0445. The van der Waals surface area contributed by atoms with Crippen molar-refractivity contribution in [1.29, 1.82) is 0 Å². The fraction of sp³-hybridized carbons (Fsp3) is 0.105. The van der Waals surface area contributed by atoms with Gasteiger partial charge < -0.3 is 14.6 Å². The molecule has 0 saturated heterocycles. The summed E-state index contributed by atoms with van der Waals surface area (Å²) in [7, 11) is 0. The Morgan fingerprint density at radius 2 is 1.81 bits per heavy atom. The maximum absolute atomic E-state index is 11.9. The van der Waals surface area contributed by atoms with Gasteiger partial charge in [-0.25, -0.2) is 0 Å². The molecule has 26 heavy (non-hydrogen) atoms. The number of nitrogens with one attached hydrogen (secondary N) is 1. The fourth-order valence-electron chi connectivity index (χ4n) is 2.18. The van der Waals surface area contributed by atoms with Crippen molar-refractivity contribution in [3.63, 3.8) is 0 Å². The number of amides is 1. The Bertz CT molecular complexity index is 891. The standard InChI is InChI=1S/C19H15ClN2O4/c20-15-8-6-13(7-9-15)17-10-16(22-26-17)12-25-18(23)11-21-19(24)14-4-2-1-3-5-14/h1-10H,11-12H2,(H,21,24). The van der Waals surface area contributed by atoms with Crippen molar-refractivity contribution in [1.82, 2.24) is 10.5 Å². The van der Waals surface area contributed by atoms with Gasteiger partial charge in [-0.1, -0.05) is 35.0 Å². The van der Waals surface area contributed by atoms with Crippen LogP contribution in [0.2, 0.25) is 5.02 Å². The molecule has 1 aromatic heterocycles. The Labute approximate surface area is 154 Å². The number of carbonyl (C=O) groups excluding carboxylic acids is 2. The molecular formula is C19H15ClN2O4. The van der Waals surface area contributed by atoms with Crippen LogP contribution in [0.3, 0.4) is 0 Å². The zero-order valence-corrected chi connectivity index (χ0v) is 14.4. The molecule has 0 spiro atoms. The summed E-state index contributed by atoms with van der Waals surface area (Å²) in [6.45, 7) is -0.271. The second-order valence-electron chi connectivity index (χ2n) is 5.40. The summed E-state index contributed by atoms with van der Waals surface area (Å²) < 4.78 is 10.3. The van der Waals surface area contributed by atoms with Crippen molar-refractivity contribution in [3.8, 4) is 11.3 Å². The van der Waals surface area contributed by atoms with Gasteiger partial charge in [-0.2, -0.15) is 0 Å². The number of halogens is 1. The number of hydrogen-bond acceptors (Lipinski definition) is 5. The minimum Gasteiger partial charge on any atom is -0.458 e. The van der Waals surface area contributed by atoms with Gasteiger partial charge in [0.2, 0.25) is 0 Å². The first kappa shape index (κ1) is 17.7. The van der Waals surface area contributed by atoms with E-state index in [0.717, 1.165) is 5.56 Å². The van der Waals surface area contributed by atoms with Crippen LogP contribution in [0.15, 0.2) is 65.2 Å². The molecular weight excluding hydrogens is 356 g/mol. The van der Waals surface area contributed by atoms with E-state index in [1.807, 2.05) is 0 Å². The highest BCUT2D eigenvalue weighted by Gasteiger charge is 2.11. The number of benzene rings is 2. The lowest BCUT2D eigenvalue weighted by molar-refractivity contribution is -0.143. The fourth-order valence-corrected chi connectivity index (χ4v) is 2.31.